The normalized spacial score (nSPS) is 26.2. The lowest BCUT2D eigenvalue weighted by molar-refractivity contribution is 0.0955. The van der Waals surface area contributed by atoms with Crippen molar-refractivity contribution >= 4 is 10.1 Å². The van der Waals surface area contributed by atoms with E-state index in [-0.39, 0.29) is 12.2 Å². The van der Waals surface area contributed by atoms with E-state index < -0.39 is 20.7 Å². The fourth-order valence-corrected chi connectivity index (χ4v) is 3.65. The Balaban J connectivity index is 0.000000313. The van der Waals surface area contributed by atoms with Crippen LogP contribution in [0.2, 0.25) is 0 Å². The number of nitrogens with two attached hydrogens (primary N) is 1. The van der Waals surface area contributed by atoms with Gasteiger partial charge in [-0.2, -0.15) is 8.42 Å². The minimum Gasteiger partial charge on any atom is -0.508 e. The molecule has 0 aromatic rings. The zero-order valence-corrected chi connectivity index (χ0v) is 15.0. The van der Waals surface area contributed by atoms with E-state index in [1.54, 1.807) is 20.8 Å². The largest absolute Gasteiger partial charge is 0.508 e. The smallest absolute Gasteiger partial charge is 0.302 e. The molecule has 2 aliphatic carbocycles. The van der Waals surface area contributed by atoms with Gasteiger partial charge in [-0.05, 0) is 51.8 Å². The third-order valence-corrected chi connectivity index (χ3v) is 5.45. The maximum Gasteiger partial charge on any atom is 0.302 e. The summed E-state index contributed by atoms with van der Waals surface area (Å²) in [5, 5.41) is 19.0. The first-order valence-corrected chi connectivity index (χ1v) is 9.37. The summed E-state index contributed by atoms with van der Waals surface area (Å²) in [5.74, 6) is -0.0735. The van der Waals surface area contributed by atoms with Crippen LogP contribution >= 0.6 is 0 Å². The van der Waals surface area contributed by atoms with Crippen LogP contribution < -0.4 is 5.73 Å². The summed E-state index contributed by atoms with van der Waals surface area (Å²) in [6, 6.07) is 0.536. The Hall–Kier alpha value is -0.890. The molecule has 2 rings (SSSR count). The van der Waals surface area contributed by atoms with Gasteiger partial charge >= 0.3 is 10.1 Å². The van der Waals surface area contributed by atoms with Crippen molar-refractivity contribution in [2.75, 3.05) is 0 Å². The molecule has 4 N–H and O–H groups in total. The predicted molar refractivity (Wildman–Crippen MR) is 90.2 cm³/mol. The van der Waals surface area contributed by atoms with Gasteiger partial charge in [-0.25, -0.2) is 0 Å². The monoisotopic (exact) mass is 347 g/mol. The van der Waals surface area contributed by atoms with E-state index in [4.69, 9.17) is 15.0 Å². The zero-order chi connectivity index (χ0) is 17.7. The summed E-state index contributed by atoms with van der Waals surface area (Å²) < 4.78 is 28.5. The van der Waals surface area contributed by atoms with Crippen LogP contribution in [0.15, 0.2) is 24.0 Å². The van der Waals surface area contributed by atoms with E-state index in [1.807, 2.05) is 0 Å². The fraction of sp³-hybridized carbons (Fsp3) is 0.750. The minimum absolute atomic E-state index is 0.0735. The highest BCUT2D eigenvalue weighted by molar-refractivity contribution is 7.88. The van der Waals surface area contributed by atoms with Crippen molar-refractivity contribution in [1.82, 2.24) is 0 Å². The number of allylic oxidation sites excluding steroid dienone is 1. The highest BCUT2D eigenvalue weighted by Crippen LogP contribution is 2.30. The molecule has 0 aromatic heterocycles. The first kappa shape index (κ1) is 20.2. The summed E-state index contributed by atoms with van der Waals surface area (Å²) in [4.78, 5) is -2.10. The summed E-state index contributed by atoms with van der Waals surface area (Å²) in [6.07, 6.45) is 9.81. The Kier molecular flexibility index (Phi) is 6.82. The minimum atomic E-state index is -4.15. The van der Waals surface area contributed by atoms with Crippen LogP contribution in [0.25, 0.3) is 0 Å². The molecule has 0 aliphatic heterocycles. The van der Waals surface area contributed by atoms with Gasteiger partial charge in [0.2, 0.25) is 4.93 Å². The quantitative estimate of drug-likeness (QED) is 0.662. The number of aliphatic hydroxyl groups excluding tert-OH is 1. The molecule has 134 valence electrons. The number of aliphatic hydroxyl groups is 2. The van der Waals surface area contributed by atoms with E-state index >= 15 is 0 Å². The van der Waals surface area contributed by atoms with Crippen LogP contribution in [0, 0.1) is 0 Å². The maximum absolute atomic E-state index is 11.8. The Bertz CT molecular complexity index is 541. The lowest BCUT2D eigenvalue weighted by Crippen LogP contribution is -2.42. The molecule has 0 amide bonds. The van der Waals surface area contributed by atoms with Gasteiger partial charge in [0, 0.05) is 12.5 Å². The van der Waals surface area contributed by atoms with Gasteiger partial charge in [0.25, 0.3) is 0 Å². The standard InChI is InChI=1S/C10H16O5S.C6H13N/c1-9(2,3)15-16(13,14)10(12)6-4-8(11)5-7-10;7-6-4-2-1-3-5-6/h4-6,11-12H,7H2,1-3H3;6H,1-5,7H2. The van der Waals surface area contributed by atoms with Crippen molar-refractivity contribution in [3.05, 3.63) is 24.0 Å². The lowest BCUT2D eigenvalue weighted by Gasteiger charge is -2.29. The molecule has 1 atom stereocenters. The maximum atomic E-state index is 11.8. The highest BCUT2D eigenvalue weighted by atomic mass is 32.2. The highest BCUT2D eigenvalue weighted by Gasteiger charge is 2.43. The molecular weight excluding hydrogens is 318 g/mol. The Labute approximate surface area is 139 Å². The molecule has 0 bridgehead atoms. The van der Waals surface area contributed by atoms with Gasteiger partial charge in [0.05, 0.1) is 5.60 Å². The van der Waals surface area contributed by atoms with E-state index in [1.165, 1.54) is 38.2 Å². The predicted octanol–water partition coefficient (Wildman–Crippen LogP) is 2.50. The van der Waals surface area contributed by atoms with Gasteiger partial charge in [0.1, 0.15) is 5.76 Å². The third-order valence-electron chi connectivity index (χ3n) is 3.56. The molecule has 0 heterocycles. The number of hydrogen-bond donors (Lipinski definition) is 3. The van der Waals surface area contributed by atoms with E-state index in [0.717, 1.165) is 12.2 Å². The van der Waals surface area contributed by atoms with Crippen LogP contribution in [0.5, 0.6) is 0 Å². The molecule has 2 aliphatic rings. The van der Waals surface area contributed by atoms with Gasteiger partial charge in [0.15, 0.2) is 0 Å². The molecule has 1 saturated carbocycles. The molecule has 0 spiro atoms. The summed E-state index contributed by atoms with van der Waals surface area (Å²) in [7, 11) is -4.15. The molecule has 0 saturated heterocycles. The van der Waals surface area contributed by atoms with Gasteiger partial charge < -0.3 is 15.9 Å². The zero-order valence-electron chi connectivity index (χ0n) is 14.2. The number of hydrogen-bond acceptors (Lipinski definition) is 6. The van der Waals surface area contributed by atoms with E-state index in [2.05, 4.69) is 0 Å². The van der Waals surface area contributed by atoms with Crippen molar-refractivity contribution < 1.29 is 22.8 Å². The van der Waals surface area contributed by atoms with Crippen LogP contribution in [0.3, 0.4) is 0 Å². The van der Waals surface area contributed by atoms with Crippen molar-refractivity contribution in [3.63, 3.8) is 0 Å². The Morgan fingerprint density at radius 1 is 1.26 bits per heavy atom. The SMILES string of the molecule is CC(C)(C)OS(=O)(=O)C1(O)C=CC(O)=CC1.NC1CCCCC1. The summed E-state index contributed by atoms with van der Waals surface area (Å²) in [6.45, 7) is 4.73. The summed E-state index contributed by atoms with van der Waals surface area (Å²) in [5.41, 5.74) is 4.72. The van der Waals surface area contributed by atoms with Crippen LogP contribution in [0.1, 0.15) is 59.3 Å². The van der Waals surface area contributed by atoms with Gasteiger partial charge in [-0.1, -0.05) is 19.3 Å². The lowest BCUT2D eigenvalue weighted by atomic mass is 9.97. The average Bonchev–Trinajstić information content (AvgIpc) is 2.41. The van der Waals surface area contributed by atoms with Gasteiger partial charge in [-0.15, -0.1) is 0 Å². The molecule has 23 heavy (non-hydrogen) atoms. The molecular formula is C16H29NO5S. The van der Waals surface area contributed by atoms with E-state index in [9.17, 15) is 13.5 Å². The molecule has 0 radical (unpaired) electrons. The Morgan fingerprint density at radius 2 is 1.83 bits per heavy atom. The summed E-state index contributed by atoms with van der Waals surface area (Å²) >= 11 is 0. The molecule has 1 fully saturated rings. The van der Waals surface area contributed by atoms with Gasteiger partial charge in [-0.3, -0.25) is 4.18 Å². The molecule has 0 aromatic carbocycles. The van der Waals surface area contributed by atoms with Crippen LogP contribution in [-0.2, 0) is 14.3 Å². The van der Waals surface area contributed by atoms with Crippen LogP contribution in [-0.4, -0.2) is 35.2 Å². The third kappa shape index (κ3) is 6.63. The molecule has 1 unspecified atom stereocenters. The first-order valence-electron chi connectivity index (χ1n) is 7.97. The van der Waals surface area contributed by atoms with Crippen molar-refractivity contribution in [2.24, 2.45) is 5.73 Å². The molecule has 7 heteroatoms. The topological polar surface area (TPSA) is 110 Å². The fourth-order valence-electron chi connectivity index (χ4n) is 2.32. The second-order valence-electron chi connectivity index (χ2n) is 7.06. The molecule has 6 nitrogen and oxygen atoms in total. The van der Waals surface area contributed by atoms with Crippen LogP contribution in [0.4, 0.5) is 0 Å². The second kappa shape index (κ2) is 7.79. The van der Waals surface area contributed by atoms with E-state index in [0.29, 0.717) is 6.04 Å². The van der Waals surface area contributed by atoms with Crippen molar-refractivity contribution in [3.8, 4) is 0 Å². The Morgan fingerprint density at radius 3 is 2.17 bits per heavy atom. The average molecular weight is 347 g/mol. The second-order valence-corrected chi connectivity index (χ2v) is 8.84. The van der Waals surface area contributed by atoms with Crippen molar-refractivity contribution in [2.45, 2.75) is 75.9 Å². The van der Waals surface area contributed by atoms with Crippen molar-refractivity contribution in [1.29, 1.82) is 0 Å². The number of rotatable bonds is 2. The first-order chi connectivity index (χ1) is 10.5.